The minimum absolute atomic E-state index is 0.286. The van der Waals surface area contributed by atoms with Crippen LogP contribution in [0, 0.1) is 6.92 Å². The number of rotatable bonds is 5. The fourth-order valence-electron chi connectivity index (χ4n) is 2.91. The van der Waals surface area contributed by atoms with E-state index in [1.807, 2.05) is 49.4 Å². The van der Waals surface area contributed by atoms with Crippen molar-refractivity contribution in [2.45, 2.75) is 30.7 Å². The third-order valence-corrected chi connectivity index (χ3v) is 5.17. The Balaban J connectivity index is 1.46. The van der Waals surface area contributed by atoms with Gasteiger partial charge in [-0.2, -0.15) is 0 Å². The highest BCUT2D eigenvalue weighted by molar-refractivity contribution is 7.99. The van der Waals surface area contributed by atoms with Crippen molar-refractivity contribution in [2.24, 2.45) is 0 Å². The van der Waals surface area contributed by atoms with Crippen LogP contribution in [-0.4, -0.2) is 20.4 Å². The highest BCUT2D eigenvalue weighted by atomic mass is 32.2. The minimum Gasteiger partial charge on any atom is -0.411 e. The molecule has 26 heavy (non-hydrogen) atoms. The maximum atomic E-state index is 5.85. The second-order valence-corrected chi connectivity index (χ2v) is 7.71. The SMILES string of the molecule is Cc1ccccc1-c1nnc(SC(C)Cc2ccc3ccccc3n2)o1. The first-order valence-corrected chi connectivity index (χ1v) is 9.48. The van der Waals surface area contributed by atoms with Crippen LogP contribution in [-0.2, 0) is 6.42 Å². The summed E-state index contributed by atoms with van der Waals surface area (Å²) in [4.78, 5) is 4.74. The van der Waals surface area contributed by atoms with Crippen LogP contribution in [0.15, 0.2) is 70.3 Å². The molecular formula is C21H19N3OS. The van der Waals surface area contributed by atoms with E-state index < -0.39 is 0 Å². The molecule has 1 unspecified atom stereocenters. The van der Waals surface area contributed by atoms with E-state index in [4.69, 9.17) is 9.40 Å². The van der Waals surface area contributed by atoms with Crippen molar-refractivity contribution in [3.8, 4) is 11.5 Å². The highest BCUT2D eigenvalue weighted by Gasteiger charge is 2.15. The number of hydrogen-bond donors (Lipinski definition) is 0. The molecule has 1 atom stereocenters. The van der Waals surface area contributed by atoms with Crippen LogP contribution in [0.25, 0.3) is 22.4 Å². The Bertz CT molecular complexity index is 1040. The fourth-order valence-corrected chi connectivity index (χ4v) is 3.72. The van der Waals surface area contributed by atoms with Crippen molar-refractivity contribution < 1.29 is 4.42 Å². The van der Waals surface area contributed by atoms with Gasteiger partial charge in [0.15, 0.2) is 0 Å². The second-order valence-electron chi connectivity index (χ2n) is 6.32. The summed E-state index contributed by atoms with van der Waals surface area (Å²) in [6.45, 7) is 4.19. The quantitative estimate of drug-likeness (QED) is 0.451. The van der Waals surface area contributed by atoms with E-state index in [1.54, 1.807) is 11.8 Å². The molecule has 0 bridgehead atoms. The van der Waals surface area contributed by atoms with Gasteiger partial charge in [-0.3, -0.25) is 4.98 Å². The maximum absolute atomic E-state index is 5.85. The first-order valence-electron chi connectivity index (χ1n) is 8.60. The van der Waals surface area contributed by atoms with Gasteiger partial charge in [-0.25, -0.2) is 0 Å². The van der Waals surface area contributed by atoms with E-state index >= 15 is 0 Å². The van der Waals surface area contributed by atoms with Gasteiger partial charge >= 0.3 is 0 Å². The third kappa shape index (κ3) is 3.63. The molecule has 0 saturated carbocycles. The number of thioether (sulfide) groups is 1. The smallest absolute Gasteiger partial charge is 0.277 e. The lowest BCUT2D eigenvalue weighted by Crippen LogP contribution is -2.03. The van der Waals surface area contributed by atoms with E-state index in [0.29, 0.717) is 11.1 Å². The number of aryl methyl sites for hydroxylation is 1. The Morgan fingerprint density at radius 3 is 2.65 bits per heavy atom. The van der Waals surface area contributed by atoms with Crippen LogP contribution < -0.4 is 0 Å². The molecular weight excluding hydrogens is 342 g/mol. The van der Waals surface area contributed by atoms with Crippen LogP contribution >= 0.6 is 11.8 Å². The number of aromatic nitrogens is 3. The molecule has 5 heteroatoms. The predicted octanol–water partition coefficient (Wildman–Crippen LogP) is 5.32. The number of fused-ring (bicyclic) bond motifs is 1. The Morgan fingerprint density at radius 1 is 0.962 bits per heavy atom. The van der Waals surface area contributed by atoms with Gasteiger partial charge in [0, 0.05) is 28.3 Å². The van der Waals surface area contributed by atoms with Crippen molar-refractivity contribution >= 4 is 22.7 Å². The Hall–Kier alpha value is -2.66. The van der Waals surface area contributed by atoms with E-state index in [1.165, 1.54) is 0 Å². The molecule has 4 aromatic rings. The number of para-hydroxylation sites is 1. The second kappa shape index (κ2) is 7.30. The zero-order chi connectivity index (χ0) is 17.9. The summed E-state index contributed by atoms with van der Waals surface area (Å²) in [5.74, 6) is 0.571. The molecule has 0 aliphatic heterocycles. The molecule has 0 amide bonds. The zero-order valence-electron chi connectivity index (χ0n) is 14.7. The molecule has 0 aliphatic rings. The topological polar surface area (TPSA) is 51.8 Å². The van der Waals surface area contributed by atoms with Crippen LogP contribution in [0.2, 0.25) is 0 Å². The fraction of sp³-hybridized carbons (Fsp3) is 0.190. The molecule has 2 aromatic carbocycles. The Kier molecular flexibility index (Phi) is 4.71. The molecule has 0 saturated heterocycles. The van der Waals surface area contributed by atoms with Gasteiger partial charge in [-0.1, -0.05) is 61.2 Å². The molecule has 2 aromatic heterocycles. The van der Waals surface area contributed by atoms with E-state index in [9.17, 15) is 0 Å². The normalized spacial score (nSPS) is 12.4. The van der Waals surface area contributed by atoms with Crippen LogP contribution in [0.3, 0.4) is 0 Å². The highest BCUT2D eigenvalue weighted by Crippen LogP contribution is 2.29. The van der Waals surface area contributed by atoms with Crippen LogP contribution in [0.1, 0.15) is 18.2 Å². The number of benzene rings is 2. The van der Waals surface area contributed by atoms with E-state index in [-0.39, 0.29) is 5.25 Å². The standard InChI is InChI=1S/C21H19N3OS/c1-14-7-3-5-9-18(14)20-23-24-21(25-20)26-15(2)13-17-12-11-16-8-4-6-10-19(16)22-17/h3-12,15H,13H2,1-2H3. The largest absolute Gasteiger partial charge is 0.411 e. The van der Waals surface area contributed by atoms with Gasteiger partial charge in [0.2, 0.25) is 5.89 Å². The third-order valence-electron chi connectivity index (χ3n) is 4.24. The molecule has 0 spiro atoms. The monoisotopic (exact) mass is 361 g/mol. The molecule has 130 valence electrons. The average molecular weight is 361 g/mol. The van der Waals surface area contributed by atoms with Crippen molar-refractivity contribution in [1.82, 2.24) is 15.2 Å². The van der Waals surface area contributed by atoms with E-state index in [2.05, 4.69) is 35.3 Å². The summed E-state index contributed by atoms with van der Waals surface area (Å²) in [5.41, 5.74) is 4.21. The van der Waals surface area contributed by atoms with E-state index in [0.717, 1.165) is 34.1 Å². The van der Waals surface area contributed by atoms with Crippen molar-refractivity contribution in [3.63, 3.8) is 0 Å². The van der Waals surface area contributed by atoms with Gasteiger partial charge in [0.1, 0.15) is 0 Å². The number of pyridine rings is 1. The van der Waals surface area contributed by atoms with Crippen LogP contribution in [0.5, 0.6) is 0 Å². The molecule has 0 aliphatic carbocycles. The molecule has 2 heterocycles. The van der Waals surface area contributed by atoms with Crippen LogP contribution in [0.4, 0.5) is 0 Å². The van der Waals surface area contributed by atoms with Crippen molar-refractivity contribution in [1.29, 1.82) is 0 Å². The molecule has 0 radical (unpaired) electrons. The zero-order valence-corrected chi connectivity index (χ0v) is 15.5. The summed E-state index contributed by atoms with van der Waals surface area (Å²) in [6.07, 6.45) is 0.845. The first-order chi connectivity index (χ1) is 12.7. The van der Waals surface area contributed by atoms with Gasteiger partial charge in [0.05, 0.1) is 5.52 Å². The molecule has 0 fully saturated rings. The lowest BCUT2D eigenvalue weighted by Gasteiger charge is -2.08. The summed E-state index contributed by atoms with van der Waals surface area (Å²) in [6, 6.07) is 20.4. The van der Waals surface area contributed by atoms with Gasteiger partial charge in [0.25, 0.3) is 5.22 Å². The molecule has 4 rings (SSSR count). The van der Waals surface area contributed by atoms with Crippen molar-refractivity contribution in [2.75, 3.05) is 0 Å². The van der Waals surface area contributed by atoms with Gasteiger partial charge in [-0.15, -0.1) is 10.2 Å². The Labute approximate surface area is 156 Å². The molecule has 0 N–H and O–H groups in total. The van der Waals surface area contributed by atoms with Gasteiger partial charge < -0.3 is 4.42 Å². The first kappa shape index (κ1) is 16.8. The Morgan fingerprint density at radius 2 is 1.77 bits per heavy atom. The summed E-state index contributed by atoms with van der Waals surface area (Å²) < 4.78 is 5.85. The minimum atomic E-state index is 0.286. The summed E-state index contributed by atoms with van der Waals surface area (Å²) >= 11 is 1.58. The number of nitrogens with zero attached hydrogens (tertiary/aromatic N) is 3. The molecule has 4 nitrogen and oxygen atoms in total. The summed E-state index contributed by atoms with van der Waals surface area (Å²) in [5, 5.41) is 10.4. The lowest BCUT2D eigenvalue weighted by atomic mass is 10.1. The van der Waals surface area contributed by atoms with Crippen molar-refractivity contribution in [3.05, 3.63) is 71.9 Å². The maximum Gasteiger partial charge on any atom is 0.277 e. The van der Waals surface area contributed by atoms with Gasteiger partial charge in [-0.05, 0) is 30.7 Å². The summed E-state index contributed by atoms with van der Waals surface area (Å²) in [7, 11) is 0. The average Bonchev–Trinajstić information content (AvgIpc) is 3.10. The number of hydrogen-bond acceptors (Lipinski definition) is 5. The predicted molar refractivity (Wildman–Crippen MR) is 105 cm³/mol. The lowest BCUT2D eigenvalue weighted by molar-refractivity contribution is 0.464.